The van der Waals surface area contributed by atoms with Gasteiger partial charge < -0.3 is 11.5 Å². The number of hydrogen-bond acceptors (Lipinski definition) is 4. The molecule has 5 rings (SSSR count). The van der Waals surface area contributed by atoms with E-state index in [0.29, 0.717) is 11.4 Å². The van der Waals surface area contributed by atoms with Crippen LogP contribution in [0.3, 0.4) is 0 Å². The molecule has 4 heteroatoms. The molecule has 1 heterocycles. The number of anilines is 2. The average molecular weight is 388 g/mol. The number of para-hydroxylation sites is 2. The smallest absolute Gasteiger partial charge is 0.0973 e. The summed E-state index contributed by atoms with van der Waals surface area (Å²) in [5, 5.41) is 0. The van der Waals surface area contributed by atoms with E-state index in [1.165, 1.54) is 0 Å². The number of nitrogens with zero attached hydrogens (tertiary/aromatic N) is 2. The molecule has 0 aliphatic heterocycles. The number of fused-ring (bicyclic) bond motifs is 1. The molecule has 4 nitrogen and oxygen atoms in total. The van der Waals surface area contributed by atoms with Crippen molar-refractivity contribution in [1.82, 2.24) is 9.97 Å². The maximum absolute atomic E-state index is 6.16. The van der Waals surface area contributed by atoms with Crippen molar-refractivity contribution in [3.63, 3.8) is 0 Å². The van der Waals surface area contributed by atoms with Crippen LogP contribution in [0.1, 0.15) is 0 Å². The summed E-state index contributed by atoms with van der Waals surface area (Å²) in [4.78, 5) is 9.88. The van der Waals surface area contributed by atoms with Gasteiger partial charge in [0.15, 0.2) is 0 Å². The van der Waals surface area contributed by atoms with Gasteiger partial charge in [-0.15, -0.1) is 0 Å². The molecule has 0 saturated heterocycles. The van der Waals surface area contributed by atoms with Gasteiger partial charge in [-0.05, 0) is 35.9 Å². The maximum Gasteiger partial charge on any atom is 0.0973 e. The van der Waals surface area contributed by atoms with E-state index in [2.05, 4.69) is 24.3 Å². The predicted octanol–water partition coefficient (Wildman–Crippen LogP) is 5.80. The molecule has 0 spiro atoms. The van der Waals surface area contributed by atoms with Crippen LogP contribution >= 0.6 is 0 Å². The van der Waals surface area contributed by atoms with E-state index < -0.39 is 0 Å². The van der Waals surface area contributed by atoms with Crippen LogP contribution in [0.4, 0.5) is 11.4 Å². The van der Waals surface area contributed by atoms with E-state index in [1.54, 1.807) is 0 Å². The molecule has 0 aliphatic carbocycles. The Bertz CT molecular complexity index is 1340. The second-order valence-corrected chi connectivity index (χ2v) is 7.20. The van der Waals surface area contributed by atoms with Gasteiger partial charge in [0.1, 0.15) is 0 Å². The fourth-order valence-corrected chi connectivity index (χ4v) is 3.63. The maximum atomic E-state index is 6.16. The van der Waals surface area contributed by atoms with Crippen molar-refractivity contribution in [2.75, 3.05) is 11.5 Å². The summed E-state index contributed by atoms with van der Waals surface area (Å²) in [5.41, 5.74) is 20.9. The van der Waals surface area contributed by atoms with Gasteiger partial charge in [-0.3, -0.25) is 0 Å². The Hall–Kier alpha value is -4.18. The molecule has 0 saturated carbocycles. The second-order valence-electron chi connectivity index (χ2n) is 7.20. The molecule has 0 unspecified atom stereocenters. The Morgan fingerprint density at radius 2 is 1.03 bits per heavy atom. The SMILES string of the molecule is Nc1ccc(N)c(-c2ccc(-c3nc4ccccc4nc3-c3ccccc3)cc2)c1. The molecule has 0 aliphatic rings. The van der Waals surface area contributed by atoms with Crippen LogP contribution in [0.15, 0.2) is 97.1 Å². The summed E-state index contributed by atoms with van der Waals surface area (Å²) in [6, 6.07) is 31.8. The summed E-state index contributed by atoms with van der Waals surface area (Å²) in [5.74, 6) is 0. The zero-order chi connectivity index (χ0) is 20.5. The van der Waals surface area contributed by atoms with Crippen molar-refractivity contribution in [3.8, 4) is 33.6 Å². The number of nitrogen functional groups attached to an aromatic ring is 2. The molecular formula is C26H20N4. The first-order valence-electron chi connectivity index (χ1n) is 9.77. The van der Waals surface area contributed by atoms with Gasteiger partial charge >= 0.3 is 0 Å². The zero-order valence-corrected chi connectivity index (χ0v) is 16.3. The molecule has 1 aromatic heterocycles. The number of rotatable bonds is 3. The van der Waals surface area contributed by atoms with Crippen LogP contribution < -0.4 is 11.5 Å². The van der Waals surface area contributed by atoms with Gasteiger partial charge in [0.25, 0.3) is 0 Å². The molecule has 0 bridgehead atoms. The molecule has 0 amide bonds. The first-order valence-corrected chi connectivity index (χ1v) is 9.77. The Balaban J connectivity index is 1.66. The molecule has 4 N–H and O–H groups in total. The normalized spacial score (nSPS) is 10.9. The van der Waals surface area contributed by atoms with Crippen LogP contribution in [-0.4, -0.2) is 9.97 Å². The minimum Gasteiger partial charge on any atom is -0.399 e. The monoisotopic (exact) mass is 388 g/mol. The van der Waals surface area contributed by atoms with Gasteiger partial charge in [-0.1, -0.05) is 66.7 Å². The van der Waals surface area contributed by atoms with Crippen LogP contribution in [0.25, 0.3) is 44.7 Å². The largest absolute Gasteiger partial charge is 0.399 e. The van der Waals surface area contributed by atoms with E-state index >= 15 is 0 Å². The van der Waals surface area contributed by atoms with Gasteiger partial charge in [-0.2, -0.15) is 0 Å². The highest BCUT2D eigenvalue weighted by Gasteiger charge is 2.13. The highest BCUT2D eigenvalue weighted by molar-refractivity contribution is 5.87. The zero-order valence-electron chi connectivity index (χ0n) is 16.3. The third-order valence-corrected chi connectivity index (χ3v) is 5.16. The van der Waals surface area contributed by atoms with Crippen LogP contribution in [0.2, 0.25) is 0 Å². The summed E-state index contributed by atoms with van der Waals surface area (Å²) < 4.78 is 0. The van der Waals surface area contributed by atoms with Crippen LogP contribution in [0, 0.1) is 0 Å². The molecule has 144 valence electrons. The Labute approximate surface area is 174 Å². The topological polar surface area (TPSA) is 77.8 Å². The van der Waals surface area contributed by atoms with Crippen molar-refractivity contribution in [2.24, 2.45) is 0 Å². The fourth-order valence-electron chi connectivity index (χ4n) is 3.63. The van der Waals surface area contributed by atoms with Gasteiger partial charge in [0.2, 0.25) is 0 Å². The molecule has 4 aromatic carbocycles. The summed E-state index contributed by atoms with van der Waals surface area (Å²) >= 11 is 0. The Kier molecular flexibility index (Phi) is 4.37. The lowest BCUT2D eigenvalue weighted by Gasteiger charge is -2.12. The molecule has 30 heavy (non-hydrogen) atoms. The highest BCUT2D eigenvalue weighted by atomic mass is 14.8. The molecule has 0 fully saturated rings. The lowest BCUT2D eigenvalue weighted by molar-refractivity contribution is 1.29. The lowest BCUT2D eigenvalue weighted by Crippen LogP contribution is -1.96. The van der Waals surface area contributed by atoms with E-state index in [9.17, 15) is 0 Å². The summed E-state index contributed by atoms with van der Waals surface area (Å²) in [7, 11) is 0. The fraction of sp³-hybridized carbons (Fsp3) is 0. The highest BCUT2D eigenvalue weighted by Crippen LogP contribution is 2.33. The van der Waals surface area contributed by atoms with E-state index in [0.717, 1.165) is 44.7 Å². The van der Waals surface area contributed by atoms with Crippen LogP contribution in [0.5, 0.6) is 0 Å². The van der Waals surface area contributed by atoms with Gasteiger partial charge in [0.05, 0.1) is 22.4 Å². The number of benzene rings is 4. The minimum absolute atomic E-state index is 0.690. The molecule has 0 radical (unpaired) electrons. The van der Waals surface area contributed by atoms with Crippen LogP contribution in [-0.2, 0) is 0 Å². The molecule has 5 aromatic rings. The van der Waals surface area contributed by atoms with Crippen molar-refractivity contribution >= 4 is 22.4 Å². The van der Waals surface area contributed by atoms with Crippen molar-refractivity contribution < 1.29 is 0 Å². The number of hydrogen-bond donors (Lipinski definition) is 2. The van der Waals surface area contributed by atoms with Gasteiger partial charge in [0, 0.05) is 28.1 Å². The standard InChI is InChI=1S/C26H20N4/c27-20-14-15-22(28)21(16-20)17-10-12-19(13-11-17)26-25(18-6-2-1-3-7-18)29-23-8-4-5-9-24(23)30-26/h1-16H,27-28H2. The first-order chi connectivity index (χ1) is 14.7. The number of aromatic nitrogens is 2. The summed E-state index contributed by atoms with van der Waals surface area (Å²) in [6.45, 7) is 0. The third kappa shape index (κ3) is 3.25. The van der Waals surface area contributed by atoms with Crippen molar-refractivity contribution in [1.29, 1.82) is 0 Å². The van der Waals surface area contributed by atoms with E-state index in [-0.39, 0.29) is 0 Å². The molecule has 0 atom stereocenters. The summed E-state index contributed by atoms with van der Waals surface area (Å²) in [6.07, 6.45) is 0. The average Bonchev–Trinajstić information content (AvgIpc) is 2.80. The predicted molar refractivity (Wildman–Crippen MR) is 125 cm³/mol. The Morgan fingerprint density at radius 3 is 1.67 bits per heavy atom. The first kappa shape index (κ1) is 17.9. The number of nitrogens with two attached hydrogens (primary N) is 2. The van der Waals surface area contributed by atoms with Crippen molar-refractivity contribution in [3.05, 3.63) is 97.1 Å². The third-order valence-electron chi connectivity index (χ3n) is 5.16. The second kappa shape index (κ2) is 7.33. The molecular weight excluding hydrogens is 368 g/mol. The minimum atomic E-state index is 0.690. The van der Waals surface area contributed by atoms with E-state index in [1.807, 2.05) is 72.8 Å². The quantitative estimate of drug-likeness (QED) is 0.383. The Morgan fingerprint density at radius 1 is 0.500 bits per heavy atom. The van der Waals surface area contributed by atoms with Crippen molar-refractivity contribution in [2.45, 2.75) is 0 Å². The van der Waals surface area contributed by atoms with E-state index in [4.69, 9.17) is 21.4 Å². The lowest BCUT2D eigenvalue weighted by atomic mass is 9.98. The van der Waals surface area contributed by atoms with Gasteiger partial charge in [-0.25, -0.2) is 9.97 Å².